The van der Waals surface area contributed by atoms with Crippen LogP contribution in [0.5, 0.6) is 11.5 Å². The van der Waals surface area contributed by atoms with Gasteiger partial charge in [-0.1, -0.05) is 48.0 Å². The van der Waals surface area contributed by atoms with E-state index >= 15 is 0 Å². The smallest absolute Gasteiger partial charge is 0.259 e. The quantitative estimate of drug-likeness (QED) is 0.568. The molecule has 1 N–H and O–H groups in total. The van der Waals surface area contributed by atoms with Crippen LogP contribution in [0.3, 0.4) is 0 Å². The van der Waals surface area contributed by atoms with Gasteiger partial charge >= 0.3 is 0 Å². The van der Waals surface area contributed by atoms with Gasteiger partial charge in [0.1, 0.15) is 24.7 Å². The van der Waals surface area contributed by atoms with Crippen LogP contribution in [0.1, 0.15) is 27.0 Å². The summed E-state index contributed by atoms with van der Waals surface area (Å²) >= 11 is 0. The number of para-hydroxylation sites is 2. The molecule has 1 amide bonds. The molecule has 4 heteroatoms. The van der Waals surface area contributed by atoms with Crippen molar-refractivity contribution in [3.05, 3.63) is 89.0 Å². The average Bonchev–Trinajstić information content (AvgIpc) is 2.69. The highest BCUT2D eigenvalue weighted by molar-refractivity contribution is 6.06. The van der Waals surface area contributed by atoms with E-state index in [0.717, 1.165) is 22.6 Å². The van der Waals surface area contributed by atoms with Gasteiger partial charge < -0.3 is 14.8 Å². The Morgan fingerprint density at radius 1 is 0.821 bits per heavy atom. The SMILES string of the molecule is Cc1cc(C)c(NC(=O)c2ccccc2OCCOc2ccccc2)c(C)c1. The van der Waals surface area contributed by atoms with Gasteiger partial charge in [0, 0.05) is 5.69 Å². The average molecular weight is 375 g/mol. The molecule has 0 heterocycles. The lowest BCUT2D eigenvalue weighted by atomic mass is 10.0. The van der Waals surface area contributed by atoms with Gasteiger partial charge in [0.2, 0.25) is 0 Å². The third-order valence-electron chi connectivity index (χ3n) is 4.40. The third-order valence-corrected chi connectivity index (χ3v) is 4.40. The molecule has 3 aromatic carbocycles. The molecule has 0 fully saturated rings. The summed E-state index contributed by atoms with van der Waals surface area (Å²) in [5.41, 5.74) is 4.61. The predicted octanol–water partition coefficient (Wildman–Crippen LogP) is 5.32. The molecule has 0 aromatic heterocycles. The molecule has 0 spiro atoms. The van der Waals surface area contributed by atoms with E-state index in [4.69, 9.17) is 9.47 Å². The fourth-order valence-electron chi connectivity index (χ4n) is 3.17. The maximum absolute atomic E-state index is 12.9. The second kappa shape index (κ2) is 9.09. The van der Waals surface area contributed by atoms with E-state index in [1.807, 2.05) is 63.2 Å². The Morgan fingerprint density at radius 2 is 1.43 bits per heavy atom. The van der Waals surface area contributed by atoms with Gasteiger partial charge in [0.25, 0.3) is 5.91 Å². The van der Waals surface area contributed by atoms with E-state index in [1.165, 1.54) is 5.56 Å². The van der Waals surface area contributed by atoms with Gasteiger partial charge in [0.05, 0.1) is 5.56 Å². The standard InChI is InChI=1S/C24H25NO3/c1-17-15-18(2)23(19(3)16-17)25-24(26)21-11-7-8-12-22(21)28-14-13-27-20-9-5-4-6-10-20/h4-12,15-16H,13-14H2,1-3H3,(H,25,26). The molecule has 0 aliphatic rings. The number of carbonyl (C=O) groups is 1. The van der Waals surface area contributed by atoms with Crippen LogP contribution in [0.2, 0.25) is 0 Å². The van der Waals surface area contributed by atoms with Crippen molar-refractivity contribution in [3.8, 4) is 11.5 Å². The Balaban J connectivity index is 1.65. The van der Waals surface area contributed by atoms with Gasteiger partial charge in [-0.25, -0.2) is 0 Å². The van der Waals surface area contributed by atoms with E-state index in [1.54, 1.807) is 12.1 Å². The van der Waals surface area contributed by atoms with Crippen molar-refractivity contribution >= 4 is 11.6 Å². The van der Waals surface area contributed by atoms with Crippen LogP contribution >= 0.6 is 0 Å². The third kappa shape index (κ3) is 4.92. The molecule has 0 saturated carbocycles. The first kappa shape index (κ1) is 19.5. The lowest BCUT2D eigenvalue weighted by Crippen LogP contribution is -2.17. The summed E-state index contributed by atoms with van der Waals surface area (Å²) in [7, 11) is 0. The van der Waals surface area contributed by atoms with Crippen molar-refractivity contribution in [1.29, 1.82) is 0 Å². The summed E-state index contributed by atoms with van der Waals surface area (Å²) in [5, 5.41) is 3.03. The lowest BCUT2D eigenvalue weighted by molar-refractivity contribution is 0.102. The number of ether oxygens (including phenoxy) is 2. The van der Waals surface area contributed by atoms with Crippen molar-refractivity contribution < 1.29 is 14.3 Å². The first-order valence-electron chi connectivity index (χ1n) is 9.33. The number of carbonyl (C=O) groups excluding carboxylic acids is 1. The van der Waals surface area contributed by atoms with Crippen molar-refractivity contribution in [3.63, 3.8) is 0 Å². The van der Waals surface area contributed by atoms with Crippen molar-refractivity contribution in [2.24, 2.45) is 0 Å². The number of benzene rings is 3. The molecule has 0 atom stereocenters. The number of hydrogen-bond acceptors (Lipinski definition) is 3. The second-order valence-electron chi connectivity index (χ2n) is 6.73. The molecule has 0 aliphatic carbocycles. The van der Waals surface area contributed by atoms with E-state index in [9.17, 15) is 4.79 Å². The highest BCUT2D eigenvalue weighted by Crippen LogP contribution is 2.25. The lowest BCUT2D eigenvalue weighted by Gasteiger charge is -2.15. The van der Waals surface area contributed by atoms with E-state index in [-0.39, 0.29) is 5.91 Å². The number of rotatable bonds is 7. The molecular weight excluding hydrogens is 350 g/mol. The molecule has 28 heavy (non-hydrogen) atoms. The summed E-state index contributed by atoms with van der Waals surface area (Å²) in [6, 6.07) is 20.9. The highest BCUT2D eigenvalue weighted by Gasteiger charge is 2.14. The van der Waals surface area contributed by atoms with Crippen molar-refractivity contribution in [1.82, 2.24) is 0 Å². The Labute approximate surface area is 166 Å². The van der Waals surface area contributed by atoms with E-state index < -0.39 is 0 Å². The van der Waals surface area contributed by atoms with E-state index in [2.05, 4.69) is 17.4 Å². The summed E-state index contributed by atoms with van der Waals surface area (Å²) in [6.45, 7) is 6.79. The van der Waals surface area contributed by atoms with E-state index in [0.29, 0.717) is 24.5 Å². The zero-order valence-corrected chi connectivity index (χ0v) is 16.5. The minimum absolute atomic E-state index is 0.186. The van der Waals surface area contributed by atoms with Gasteiger partial charge in [-0.15, -0.1) is 0 Å². The zero-order chi connectivity index (χ0) is 19.9. The van der Waals surface area contributed by atoms with Crippen LogP contribution in [0.4, 0.5) is 5.69 Å². The molecular formula is C24H25NO3. The maximum atomic E-state index is 12.9. The van der Waals surface area contributed by atoms with Gasteiger partial charge in [-0.3, -0.25) is 4.79 Å². The van der Waals surface area contributed by atoms with Crippen molar-refractivity contribution in [2.75, 3.05) is 18.5 Å². The summed E-state index contributed by atoms with van der Waals surface area (Å²) in [4.78, 5) is 12.9. The molecule has 0 aliphatic heterocycles. The Morgan fingerprint density at radius 3 is 2.14 bits per heavy atom. The second-order valence-corrected chi connectivity index (χ2v) is 6.73. The monoisotopic (exact) mass is 375 g/mol. The first-order valence-corrected chi connectivity index (χ1v) is 9.33. The minimum atomic E-state index is -0.186. The molecule has 4 nitrogen and oxygen atoms in total. The molecule has 0 saturated heterocycles. The molecule has 0 radical (unpaired) electrons. The number of anilines is 1. The maximum Gasteiger partial charge on any atom is 0.259 e. The topological polar surface area (TPSA) is 47.6 Å². The van der Waals surface area contributed by atoms with Crippen LogP contribution in [-0.2, 0) is 0 Å². The number of aryl methyl sites for hydroxylation is 3. The molecule has 0 bridgehead atoms. The fraction of sp³-hybridized carbons (Fsp3) is 0.208. The van der Waals surface area contributed by atoms with Gasteiger partial charge in [-0.2, -0.15) is 0 Å². The molecule has 144 valence electrons. The van der Waals surface area contributed by atoms with Gasteiger partial charge in [0.15, 0.2) is 0 Å². The van der Waals surface area contributed by atoms with Crippen LogP contribution in [0.25, 0.3) is 0 Å². The van der Waals surface area contributed by atoms with Crippen LogP contribution in [0, 0.1) is 20.8 Å². The Hall–Kier alpha value is -3.27. The minimum Gasteiger partial charge on any atom is -0.490 e. The number of amides is 1. The zero-order valence-electron chi connectivity index (χ0n) is 16.5. The van der Waals surface area contributed by atoms with Gasteiger partial charge in [-0.05, 0) is 56.2 Å². The molecule has 3 aromatic rings. The summed E-state index contributed by atoms with van der Waals surface area (Å²) in [6.07, 6.45) is 0. The largest absolute Gasteiger partial charge is 0.490 e. The fourth-order valence-corrected chi connectivity index (χ4v) is 3.17. The molecule has 0 unspecified atom stereocenters. The number of hydrogen-bond donors (Lipinski definition) is 1. The van der Waals surface area contributed by atoms with Crippen LogP contribution in [0.15, 0.2) is 66.7 Å². The number of nitrogens with one attached hydrogen (secondary N) is 1. The normalized spacial score (nSPS) is 10.4. The predicted molar refractivity (Wildman–Crippen MR) is 112 cm³/mol. The summed E-state index contributed by atoms with van der Waals surface area (Å²) in [5.74, 6) is 1.15. The summed E-state index contributed by atoms with van der Waals surface area (Å²) < 4.78 is 11.5. The highest BCUT2D eigenvalue weighted by atomic mass is 16.5. The molecule has 3 rings (SSSR count). The Kier molecular flexibility index (Phi) is 6.33. The van der Waals surface area contributed by atoms with Crippen LogP contribution in [-0.4, -0.2) is 19.1 Å². The van der Waals surface area contributed by atoms with Crippen molar-refractivity contribution in [2.45, 2.75) is 20.8 Å². The first-order chi connectivity index (χ1) is 13.5. The van der Waals surface area contributed by atoms with Crippen LogP contribution < -0.4 is 14.8 Å². The Bertz CT molecular complexity index is 928.